The summed E-state index contributed by atoms with van der Waals surface area (Å²) >= 11 is 1.40. The lowest BCUT2D eigenvalue weighted by Gasteiger charge is -2.14. The number of hydrogen-bond acceptors (Lipinski definition) is 6. The van der Waals surface area contributed by atoms with Crippen molar-refractivity contribution >= 4 is 17.5 Å². The van der Waals surface area contributed by atoms with Crippen molar-refractivity contribution < 1.29 is 9.53 Å². The number of allylic oxidation sites excluding steroid dienone is 1. The van der Waals surface area contributed by atoms with Crippen molar-refractivity contribution in [3.05, 3.63) is 60.2 Å². The van der Waals surface area contributed by atoms with E-state index in [-0.39, 0.29) is 11.9 Å². The Labute approximate surface area is 186 Å². The summed E-state index contributed by atoms with van der Waals surface area (Å²) in [6, 6.07) is 5.78. The summed E-state index contributed by atoms with van der Waals surface area (Å²) in [5.41, 5.74) is 3.80. The fourth-order valence-corrected chi connectivity index (χ4v) is 4.80. The number of aryl methyl sites for hydroxylation is 1. The number of Topliss-reactive ketones (excluding diaryl/α,β-unsaturated/α-hetero) is 1. The molecule has 1 saturated heterocycles. The minimum Gasteiger partial charge on any atom is -0.376 e. The molecule has 31 heavy (non-hydrogen) atoms. The number of rotatable bonds is 9. The van der Waals surface area contributed by atoms with E-state index in [2.05, 4.69) is 26.3 Å². The second-order valence-corrected chi connectivity index (χ2v) is 8.63. The lowest BCUT2D eigenvalue weighted by Crippen LogP contribution is -2.17. The first-order valence-electron chi connectivity index (χ1n) is 10.5. The first-order chi connectivity index (χ1) is 15.1. The van der Waals surface area contributed by atoms with Crippen LogP contribution < -0.4 is 0 Å². The van der Waals surface area contributed by atoms with E-state index in [9.17, 15) is 4.79 Å². The second-order valence-electron chi connectivity index (χ2n) is 7.68. The largest absolute Gasteiger partial charge is 0.376 e. The number of carbonyl (C=O) groups excluding carboxylic acids is 1. The van der Waals surface area contributed by atoms with E-state index in [1.165, 1.54) is 11.8 Å². The molecular weight excluding hydrogens is 410 g/mol. The molecule has 0 aromatic carbocycles. The Kier molecular flexibility index (Phi) is 6.67. The van der Waals surface area contributed by atoms with E-state index in [4.69, 9.17) is 4.74 Å². The standard InChI is InChI=1S/C23H27N5O2S/c1-4-11-27-22(18-7-9-24-10-8-18)25-26-23(27)31-15-21(29)20-13-16(2)28(17(20)3)14-19-6-5-12-30-19/h4,7-10,13,19H,1,5-6,11-12,14-15H2,2-3H3/t19-/m0/s1. The number of pyridine rings is 1. The van der Waals surface area contributed by atoms with Gasteiger partial charge in [-0.15, -0.1) is 16.8 Å². The number of ether oxygens (including phenoxy) is 1. The fourth-order valence-electron chi connectivity index (χ4n) is 3.97. The Morgan fingerprint density at radius 2 is 2.10 bits per heavy atom. The highest BCUT2D eigenvalue weighted by atomic mass is 32.2. The van der Waals surface area contributed by atoms with Gasteiger partial charge in [0.1, 0.15) is 0 Å². The van der Waals surface area contributed by atoms with Crippen LogP contribution in [0, 0.1) is 13.8 Å². The quantitative estimate of drug-likeness (QED) is 0.285. The SMILES string of the molecule is C=CCn1c(SCC(=O)c2cc(C)n(C[C@@H]3CCCO3)c2C)nnc1-c1ccncc1. The number of hydrogen-bond donors (Lipinski definition) is 0. The van der Waals surface area contributed by atoms with Crippen molar-refractivity contribution in [3.8, 4) is 11.4 Å². The van der Waals surface area contributed by atoms with Crippen LogP contribution in [0.5, 0.6) is 0 Å². The van der Waals surface area contributed by atoms with Crippen LogP contribution >= 0.6 is 11.8 Å². The van der Waals surface area contributed by atoms with Gasteiger partial charge in [0.25, 0.3) is 0 Å². The lowest BCUT2D eigenvalue weighted by atomic mass is 10.2. The van der Waals surface area contributed by atoms with Gasteiger partial charge in [-0.1, -0.05) is 17.8 Å². The van der Waals surface area contributed by atoms with Crippen LogP contribution in [0.15, 0.2) is 48.4 Å². The minimum atomic E-state index is 0.0929. The molecule has 0 spiro atoms. The van der Waals surface area contributed by atoms with Crippen molar-refractivity contribution in [1.82, 2.24) is 24.3 Å². The molecule has 1 atom stereocenters. The molecule has 4 rings (SSSR count). The smallest absolute Gasteiger partial charge is 0.192 e. The van der Waals surface area contributed by atoms with Gasteiger partial charge in [-0.25, -0.2) is 0 Å². The Balaban J connectivity index is 1.49. The zero-order valence-corrected chi connectivity index (χ0v) is 18.8. The molecule has 0 saturated carbocycles. The van der Waals surface area contributed by atoms with E-state index < -0.39 is 0 Å². The Bertz CT molecular complexity index is 1070. The first-order valence-corrected chi connectivity index (χ1v) is 11.5. The Morgan fingerprint density at radius 3 is 2.81 bits per heavy atom. The van der Waals surface area contributed by atoms with Crippen molar-refractivity contribution in [3.63, 3.8) is 0 Å². The van der Waals surface area contributed by atoms with E-state index in [0.29, 0.717) is 17.5 Å². The molecule has 0 amide bonds. The Morgan fingerprint density at radius 1 is 1.29 bits per heavy atom. The van der Waals surface area contributed by atoms with Crippen molar-refractivity contribution in [2.24, 2.45) is 0 Å². The third-order valence-electron chi connectivity index (χ3n) is 5.58. The molecule has 162 valence electrons. The third-order valence-corrected chi connectivity index (χ3v) is 6.55. The van der Waals surface area contributed by atoms with Gasteiger partial charge in [0.2, 0.25) is 0 Å². The molecule has 0 aliphatic carbocycles. The zero-order valence-electron chi connectivity index (χ0n) is 18.0. The summed E-state index contributed by atoms with van der Waals surface area (Å²) in [7, 11) is 0. The van der Waals surface area contributed by atoms with Crippen molar-refractivity contribution in [2.75, 3.05) is 12.4 Å². The van der Waals surface area contributed by atoms with Gasteiger partial charge < -0.3 is 9.30 Å². The van der Waals surface area contributed by atoms with Gasteiger partial charge in [-0.05, 0) is 44.9 Å². The third kappa shape index (κ3) is 4.65. The number of thioether (sulfide) groups is 1. The summed E-state index contributed by atoms with van der Waals surface area (Å²) in [5.74, 6) is 1.14. The highest BCUT2D eigenvalue weighted by molar-refractivity contribution is 7.99. The van der Waals surface area contributed by atoms with E-state index in [1.807, 2.05) is 36.6 Å². The van der Waals surface area contributed by atoms with E-state index in [1.54, 1.807) is 18.5 Å². The molecular formula is C23H27N5O2S. The zero-order chi connectivity index (χ0) is 21.8. The monoisotopic (exact) mass is 437 g/mol. The van der Waals surface area contributed by atoms with Gasteiger partial charge in [-0.3, -0.25) is 14.3 Å². The molecule has 3 aromatic rings. The van der Waals surface area contributed by atoms with Crippen molar-refractivity contribution in [2.45, 2.75) is 51.0 Å². The fraction of sp³-hybridized carbons (Fsp3) is 0.391. The second kappa shape index (κ2) is 9.62. The molecule has 8 heteroatoms. The molecule has 7 nitrogen and oxygen atoms in total. The minimum absolute atomic E-state index is 0.0929. The van der Waals surface area contributed by atoms with Crippen LogP contribution in [-0.2, 0) is 17.8 Å². The van der Waals surface area contributed by atoms with Gasteiger partial charge in [-0.2, -0.15) is 0 Å². The summed E-state index contributed by atoms with van der Waals surface area (Å²) in [5, 5.41) is 9.36. The number of nitrogens with zero attached hydrogens (tertiary/aromatic N) is 5. The molecule has 0 radical (unpaired) electrons. The van der Waals surface area contributed by atoms with Crippen molar-refractivity contribution in [1.29, 1.82) is 0 Å². The first kappa shape index (κ1) is 21.5. The highest BCUT2D eigenvalue weighted by Crippen LogP contribution is 2.26. The normalized spacial score (nSPS) is 16.0. The summed E-state index contributed by atoms with van der Waals surface area (Å²) < 4.78 is 9.95. The van der Waals surface area contributed by atoms with Crippen LogP contribution in [0.1, 0.15) is 34.6 Å². The molecule has 1 fully saturated rings. The maximum Gasteiger partial charge on any atom is 0.192 e. The molecule has 1 aliphatic heterocycles. The van der Waals surface area contributed by atoms with E-state index in [0.717, 1.165) is 54.3 Å². The molecule has 3 aromatic heterocycles. The highest BCUT2D eigenvalue weighted by Gasteiger charge is 2.22. The predicted molar refractivity (Wildman–Crippen MR) is 121 cm³/mol. The molecule has 0 N–H and O–H groups in total. The van der Waals surface area contributed by atoms with Gasteiger partial charge >= 0.3 is 0 Å². The van der Waals surface area contributed by atoms with Gasteiger partial charge in [0.15, 0.2) is 16.8 Å². The Hall–Kier alpha value is -2.71. The van der Waals surface area contributed by atoms with E-state index >= 15 is 0 Å². The molecule has 0 bridgehead atoms. The summed E-state index contributed by atoms with van der Waals surface area (Å²) in [6.45, 7) is 10.1. The average molecular weight is 438 g/mol. The maximum atomic E-state index is 13.0. The van der Waals surface area contributed by atoms with Crippen LogP contribution in [0.3, 0.4) is 0 Å². The van der Waals surface area contributed by atoms with Crippen LogP contribution in [-0.4, -0.2) is 48.6 Å². The molecule has 0 unspecified atom stereocenters. The molecule has 1 aliphatic rings. The summed E-state index contributed by atoms with van der Waals surface area (Å²) in [6.07, 6.45) is 7.69. The maximum absolute atomic E-state index is 13.0. The average Bonchev–Trinajstić information content (AvgIpc) is 3.50. The van der Waals surface area contributed by atoms with Gasteiger partial charge in [0, 0.05) is 54.6 Å². The number of ketones is 1. The van der Waals surface area contributed by atoms with Gasteiger partial charge in [0.05, 0.1) is 11.9 Å². The van der Waals surface area contributed by atoms with Crippen LogP contribution in [0.2, 0.25) is 0 Å². The summed E-state index contributed by atoms with van der Waals surface area (Å²) in [4.78, 5) is 17.1. The predicted octanol–water partition coefficient (Wildman–Crippen LogP) is 4.10. The lowest BCUT2D eigenvalue weighted by molar-refractivity contribution is 0.0957. The number of carbonyl (C=O) groups is 1. The topological polar surface area (TPSA) is 74.8 Å². The molecule has 4 heterocycles. The van der Waals surface area contributed by atoms with Crippen LogP contribution in [0.25, 0.3) is 11.4 Å². The van der Waals surface area contributed by atoms with Crippen LogP contribution in [0.4, 0.5) is 0 Å². The number of aromatic nitrogens is 5.